The predicted octanol–water partition coefficient (Wildman–Crippen LogP) is 3.32. The third kappa shape index (κ3) is 2.42. The van der Waals surface area contributed by atoms with Gasteiger partial charge in [-0.05, 0) is 50.1 Å². The summed E-state index contributed by atoms with van der Waals surface area (Å²) >= 11 is 1.86. The molecule has 3 unspecified atom stereocenters. The number of aryl methyl sites for hydroxylation is 1. The fraction of sp³-hybridized carbons (Fsp3) is 0.714. The average molecular weight is 252 g/mol. The zero-order valence-electron chi connectivity index (χ0n) is 11.1. The quantitative estimate of drug-likeness (QED) is 0.890. The second-order valence-corrected chi connectivity index (χ2v) is 6.10. The van der Waals surface area contributed by atoms with E-state index in [0.29, 0.717) is 12.1 Å². The molecule has 1 aliphatic heterocycles. The van der Waals surface area contributed by atoms with Crippen molar-refractivity contribution in [1.82, 2.24) is 4.90 Å². The summed E-state index contributed by atoms with van der Waals surface area (Å²) < 4.78 is 0. The third-order valence-corrected chi connectivity index (χ3v) is 5.23. The van der Waals surface area contributed by atoms with Crippen molar-refractivity contribution < 1.29 is 0 Å². The van der Waals surface area contributed by atoms with Crippen LogP contribution in [0.3, 0.4) is 0 Å². The molecule has 0 saturated carbocycles. The fourth-order valence-corrected chi connectivity index (χ4v) is 4.21. The normalized spacial score (nSPS) is 27.5. The maximum atomic E-state index is 6.06. The van der Waals surface area contributed by atoms with Gasteiger partial charge in [0.05, 0.1) is 6.04 Å². The van der Waals surface area contributed by atoms with Crippen LogP contribution in [0, 0.1) is 6.92 Å². The van der Waals surface area contributed by atoms with Gasteiger partial charge >= 0.3 is 0 Å². The summed E-state index contributed by atoms with van der Waals surface area (Å²) in [6.07, 6.45) is 3.89. The van der Waals surface area contributed by atoms with Gasteiger partial charge in [0.25, 0.3) is 0 Å². The first kappa shape index (κ1) is 13.1. The van der Waals surface area contributed by atoms with Crippen molar-refractivity contribution in [3.05, 3.63) is 21.9 Å². The molecule has 1 aliphatic rings. The highest BCUT2D eigenvalue weighted by molar-refractivity contribution is 7.10. The zero-order valence-corrected chi connectivity index (χ0v) is 12.0. The highest BCUT2D eigenvalue weighted by Crippen LogP contribution is 2.37. The molecule has 1 fully saturated rings. The highest BCUT2D eigenvalue weighted by Gasteiger charge is 2.35. The molecular formula is C14H24N2S. The summed E-state index contributed by atoms with van der Waals surface area (Å²) in [5.41, 5.74) is 7.46. The first-order valence-corrected chi connectivity index (χ1v) is 7.58. The van der Waals surface area contributed by atoms with Gasteiger partial charge in [-0.15, -0.1) is 11.3 Å². The Morgan fingerprint density at radius 3 is 2.82 bits per heavy atom. The Morgan fingerprint density at radius 1 is 1.53 bits per heavy atom. The van der Waals surface area contributed by atoms with Gasteiger partial charge in [-0.25, -0.2) is 0 Å². The molecule has 2 heterocycles. The van der Waals surface area contributed by atoms with Gasteiger partial charge in [-0.2, -0.15) is 0 Å². The van der Waals surface area contributed by atoms with E-state index < -0.39 is 0 Å². The van der Waals surface area contributed by atoms with Crippen molar-refractivity contribution in [2.45, 2.75) is 58.2 Å². The first-order chi connectivity index (χ1) is 8.19. The topological polar surface area (TPSA) is 29.3 Å². The van der Waals surface area contributed by atoms with Crippen molar-refractivity contribution in [1.29, 1.82) is 0 Å². The molecular weight excluding hydrogens is 228 g/mol. The van der Waals surface area contributed by atoms with E-state index in [-0.39, 0.29) is 0 Å². The van der Waals surface area contributed by atoms with E-state index in [9.17, 15) is 0 Å². The molecule has 17 heavy (non-hydrogen) atoms. The Hall–Kier alpha value is -0.380. The molecule has 0 spiro atoms. The number of thiophene rings is 1. The minimum absolute atomic E-state index is 0.428. The summed E-state index contributed by atoms with van der Waals surface area (Å²) in [4.78, 5) is 4.14. The molecule has 0 amide bonds. The molecule has 1 saturated heterocycles. The van der Waals surface area contributed by atoms with Crippen LogP contribution in [-0.2, 0) is 0 Å². The Labute approximate surface area is 109 Å². The van der Waals surface area contributed by atoms with E-state index in [2.05, 4.69) is 37.1 Å². The van der Waals surface area contributed by atoms with Crippen molar-refractivity contribution in [3.63, 3.8) is 0 Å². The van der Waals surface area contributed by atoms with E-state index in [1.807, 2.05) is 11.3 Å². The number of rotatable bonds is 4. The SMILES string of the molecule is CCC1CCC(C)N1C(CN)c1sccc1C. The van der Waals surface area contributed by atoms with Crippen LogP contribution in [0.5, 0.6) is 0 Å². The molecule has 3 atom stereocenters. The van der Waals surface area contributed by atoms with Crippen molar-refractivity contribution in [2.24, 2.45) is 5.73 Å². The number of nitrogens with two attached hydrogens (primary N) is 1. The van der Waals surface area contributed by atoms with Crippen LogP contribution < -0.4 is 5.73 Å². The second-order valence-electron chi connectivity index (χ2n) is 5.16. The molecule has 0 aliphatic carbocycles. The van der Waals surface area contributed by atoms with Crippen molar-refractivity contribution >= 4 is 11.3 Å². The average Bonchev–Trinajstić information content (AvgIpc) is 2.89. The summed E-state index contributed by atoms with van der Waals surface area (Å²) in [5, 5.41) is 2.19. The van der Waals surface area contributed by atoms with E-state index >= 15 is 0 Å². The predicted molar refractivity (Wildman–Crippen MR) is 75.5 cm³/mol. The molecule has 0 bridgehead atoms. The molecule has 2 nitrogen and oxygen atoms in total. The van der Waals surface area contributed by atoms with E-state index in [0.717, 1.165) is 12.6 Å². The van der Waals surface area contributed by atoms with Crippen LogP contribution in [0.2, 0.25) is 0 Å². The first-order valence-electron chi connectivity index (χ1n) is 6.70. The summed E-state index contributed by atoms with van der Waals surface area (Å²) in [7, 11) is 0. The largest absolute Gasteiger partial charge is 0.329 e. The molecule has 1 aromatic heterocycles. The Morgan fingerprint density at radius 2 is 2.29 bits per heavy atom. The maximum Gasteiger partial charge on any atom is 0.0572 e. The lowest BCUT2D eigenvalue weighted by Crippen LogP contribution is -2.40. The van der Waals surface area contributed by atoms with Gasteiger partial charge in [0.2, 0.25) is 0 Å². The monoisotopic (exact) mass is 252 g/mol. The van der Waals surface area contributed by atoms with Crippen LogP contribution in [0.25, 0.3) is 0 Å². The molecule has 2 N–H and O–H groups in total. The summed E-state index contributed by atoms with van der Waals surface area (Å²) in [5.74, 6) is 0. The third-order valence-electron chi connectivity index (χ3n) is 4.11. The molecule has 0 radical (unpaired) electrons. The van der Waals surface area contributed by atoms with Gasteiger partial charge in [0.1, 0.15) is 0 Å². The molecule has 96 valence electrons. The highest BCUT2D eigenvalue weighted by atomic mass is 32.1. The van der Waals surface area contributed by atoms with Crippen LogP contribution >= 0.6 is 11.3 Å². The van der Waals surface area contributed by atoms with E-state index in [1.54, 1.807) is 0 Å². The molecule has 1 aromatic rings. The zero-order chi connectivity index (χ0) is 12.4. The minimum atomic E-state index is 0.428. The second kappa shape index (κ2) is 5.51. The Bertz CT molecular complexity index is 361. The number of likely N-dealkylation sites (tertiary alicyclic amines) is 1. The lowest BCUT2D eigenvalue weighted by molar-refractivity contribution is 0.138. The van der Waals surface area contributed by atoms with Crippen LogP contribution in [0.15, 0.2) is 11.4 Å². The Kier molecular flexibility index (Phi) is 4.23. The van der Waals surface area contributed by atoms with Crippen molar-refractivity contribution in [2.75, 3.05) is 6.54 Å². The maximum absolute atomic E-state index is 6.06. The number of hydrogen-bond donors (Lipinski definition) is 1. The standard InChI is InChI=1S/C14H24N2S/c1-4-12-6-5-11(3)16(12)13(9-15)14-10(2)7-8-17-14/h7-8,11-13H,4-6,9,15H2,1-3H3. The van der Waals surface area contributed by atoms with Crippen LogP contribution in [0.4, 0.5) is 0 Å². The molecule has 0 aromatic carbocycles. The Balaban J connectivity index is 2.26. The number of hydrogen-bond acceptors (Lipinski definition) is 3. The van der Waals surface area contributed by atoms with E-state index in [4.69, 9.17) is 5.73 Å². The van der Waals surface area contributed by atoms with Gasteiger partial charge in [-0.3, -0.25) is 4.90 Å². The van der Waals surface area contributed by atoms with Crippen LogP contribution in [0.1, 0.15) is 49.6 Å². The smallest absolute Gasteiger partial charge is 0.0572 e. The molecule has 2 rings (SSSR count). The lowest BCUT2D eigenvalue weighted by atomic mass is 10.1. The van der Waals surface area contributed by atoms with Crippen molar-refractivity contribution in [3.8, 4) is 0 Å². The van der Waals surface area contributed by atoms with Crippen LogP contribution in [-0.4, -0.2) is 23.5 Å². The van der Waals surface area contributed by atoms with E-state index in [1.165, 1.54) is 29.7 Å². The van der Waals surface area contributed by atoms with Gasteiger partial charge < -0.3 is 5.73 Å². The molecule has 3 heteroatoms. The minimum Gasteiger partial charge on any atom is -0.329 e. The summed E-state index contributed by atoms with van der Waals surface area (Å²) in [6, 6.07) is 4.04. The van der Waals surface area contributed by atoms with Gasteiger partial charge in [0.15, 0.2) is 0 Å². The number of nitrogens with zero attached hydrogens (tertiary/aromatic N) is 1. The lowest BCUT2D eigenvalue weighted by Gasteiger charge is -2.35. The van der Waals surface area contributed by atoms with Gasteiger partial charge in [-0.1, -0.05) is 6.92 Å². The van der Waals surface area contributed by atoms with Gasteiger partial charge in [0, 0.05) is 23.5 Å². The summed E-state index contributed by atoms with van der Waals surface area (Å²) in [6.45, 7) is 7.59. The fourth-order valence-electron chi connectivity index (χ4n) is 3.16.